The van der Waals surface area contributed by atoms with Gasteiger partial charge in [-0.05, 0) is 27.3 Å². The maximum absolute atomic E-state index is 13.8. The van der Waals surface area contributed by atoms with Crippen molar-refractivity contribution in [3.8, 4) is 17.7 Å². The van der Waals surface area contributed by atoms with E-state index in [9.17, 15) is 9.50 Å². The van der Waals surface area contributed by atoms with Crippen LogP contribution in [0.2, 0.25) is 0 Å². The molecule has 0 aromatic carbocycles. The van der Waals surface area contributed by atoms with E-state index in [-0.39, 0.29) is 43.0 Å². The molecule has 2 aliphatic rings. The molecule has 2 aromatic rings. The summed E-state index contributed by atoms with van der Waals surface area (Å²) in [5, 5.41) is 14.4. The lowest BCUT2D eigenvalue weighted by Crippen LogP contribution is -2.42. The van der Waals surface area contributed by atoms with E-state index >= 15 is 0 Å². The SMILES string of the molecule is Cc1nc(-c2nc(O[C@@H](C)C3C[C@@H](F)CN3C)nc(N3CCOC[C@@](C)(O)C3)n2)no1. The topological polar surface area (TPSA) is 123 Å². The summed E-state index contributed by atoms with van der Waals surface area (Å²) in [6.07, 6.45) is -0.845. The lowest BCUT2D eigenvalue weighted by Gasteiger charge is -2.28. The summed E-state index contributed by atoms with van der Waals surface area (Å²) in [6.45, 7) is 6.98. The predicted molar refractivity (Wildman–Crippen MR) is 108 cm³/mol. The van der Waals surface area contributed by atoms with Crippen molar-refractivity contribution in [2.75, 3.05) is 44.8 Å². The smallest absolute Gasteiger partial charge is 0.322 e. The third-order valence-corrected chi connectivity index (χ3v) is 5.45. The molecule has 0 radical (unpaired) electrons. The lowest BCUT2D eigenvalue weighted by molar-refractivity contribution is -0.0123. The molecular weight excluding hydrogens is 409 g/mol. The van der Waals surface area contributed by atoms with Crippen LogP contribution >= 0.6 is 0 Å². The first-order chi connectivity index (χ1) is 14.7. The quantitative estimate of drug-likeness (QED) is 0.708. The number of anilines is 1. The van der Waals surface area contributed by atoms with Gasteiger partial charge in [0.25, 0.3) is 0 Å². The van der Waals surface area contributed by atoms with Gasteiger partial charge in [0, 0.05) is 26.1 Å². The van der Waals surface area contributed by atoms with Gasteiger partial charge in [0.2, 0.25) is 23.5 Å². The van der Waals surface area contributed by atoms with E-state index in [0.717, 1.165) is 0 Å². The van der Waals surface area contributed by atoms with Gasteiger partial charge >= 0.3 is 6.01 Å². The molecule has 2 saturated heterocycles. The number of hydrogen-bond donors (Lipinski definition) is 1. The summed E-state index contributed by atoms with van der Waals surface area (Å²) in [7, 11) is 1.87. The second-order valence-electron chi connectivity index (χ2n) is 8.51. The van der Waals surface area contributed by atoms with Gasteiger partial charge in [-0.15, -0.1) is 0 Å². The van der Waals surface area contributed by atoms with Gasteiger partial charge < -0.3 is 24.0 Å². The number of aliphatic hydroxyl groups is 1. The molecule has 12 heteroatoms. The van der Waals surface area contributed by atoms with Crippen molar-refractivity contribution in [1.82, 2.24) is 30.0 Å². The molecular formula is C19H28FN7O4. The fourth-order valence-corrected chi connectivity index (χ4v) is 3.96. The van der Waals surface area contributed by atoms with Crippen LogP contribution in [0.3, 0.4) is 0 Å². The summed E-state index contributed by atoms with van der Waals surface area (Å²) in [5.74, 6) is 1.08. The van der Waals surface area contributed by atoms with E-state index in [4.69, 9.17) is 14.0 Å². The molecule has 0 bridgehead atoms. The molecule has 4 atom stereocenters. The molecule has 4 heterocycles. The lowest BCUT2D eigenvalue weighted by atomic mass is 10.1. The second kappa shape index (κ2) is 8.60. The molecule has 1 N–H and O–H groups in total. The number of likely N-dealkylation sites (tertiary alicyclic amines) is 1. The van der Waals surface area contributed by atoms with Crippen LogP contribution in [0.15, 0.2) is 4.52 Å². The Hall–Kier alpha value is -2.44. The zero-order valence-electron chi connectivity index (χ0n) is 18.2. The van der Waals surface area contributed by atoms with Gasteiger partial charge in [0.15, 0.2) is 0 Å². The minimum Gasteiger partial charge on any atom is -0.459 e. The maximum Gasteiger partial charge on any atom is 0.322 e. The third-order valence-electron chi connectivity index (χ3n) is 5.45. The van der Waals surface area contributed by atoms with Gasteiger partial charge in [-0.25, -0.2) is 4.39 Å². The van der Waals surface area contributed by atoms with Gasteiger partial charge in [-0.3, -0.25) is 4.90 Å². The second-order valence-corrected chi connectivity index (χ2v) is 8.51. The molecule has 2 aliphatic heterocycles. The number of rotatable bonds is 5. The fourth-order valence-electron chi connectivity index (χ4n) is 3.96. The summed E-state index contributed by atoms with van der Waals surface area (Å²) >= 11 is 0. The monoisotopic (exact) mass is 437 g/mol. The van der Waals surface area contributed by atoms with Crippen LogP contribution in [0.4, 0.5) is 10.3 Å². The van der Waals surface area contributed by atoms with Crippen molar-refractivity contribution >= 4 is 5.95 Å². The number of ether oxygens (including phenoxy) is 2. The number of aryl methyl sites for hydroxylation is 1. The highest BCUT2D eigenvalue weighted by atomic mass is 19.1. The molecule has 0 saturated carbocycles. The normalized spacial score (nSPS) is 28.5. The number of aromatic nitrogens is 5. The Morgan fingerprint density at radius 2 is 2.06 bits per heavy atom. The Morgan fingerprint density at radius 3 is 2.74 bits per heavy atom. The summed E-state index contributed by atoms with van der Waals surface area (Å²) in [5.41, 5.74) is -1.07. The molecule has 31 heavy (non-hydrogen) atoms. The Balaban J connectivity index is 1.65. The molecule has 0 spiro atoms. The van der Waals surface area contributed by atoms with E-state index in [0.29, 0.717) is 38.0 Å². The van der Waals surface area contributed by atoms with Crippen molar-refractivity contribution in [2.45, 2.75) is 51.1 Å². The third kappa shape index (κ3) is 5.08. The first kappa shape index (κ1) is 21.8. The average molecular weight is 437 g/mol. The van der Waals surface area contributed by atoms with E-state index in [2.05, 4.69) is 25.1 Å². The highest BCUT2D eigenvalue weighted by Crippen LogP contribution is 2.26. The number of alkyl halides is 1. The van der Waals surface area contributed by atoms with Gasteiger partial charge in [-0.2, -0.15) is 19.9 Å². The highest BCUT2D eigenvalue weighted by Gasteiger charge is 2.35. The van der Waals surface area contributed by atoms with Gasteiger partial charge in [0.05, 0.1) is 19.8 Å². The van der Waals surface area contributed by atoms with Crippen LogP contribution in [0.25, 0.3) is 11.6 Å². The number of likely N-dealkylation sites (N-methyl/N-ethyl adjacent to an activating group) is 1. The molecule has 170 valence electrons. The molecule has 0 aliphatic carbocycles. The molecule has 11 nitrogen and oxygen atoms in total. The van der Waals surface area contributed by atoms with Gasteiger partial charge in [-0.1, -0.05) is 5.16 Å². The van der Waals surface area contributed by atoms with Crippen molar-refractivity contribution in [2.24, 2.45) is 0 Å². The molecule has 4 rings (SSSR count). The Morgan fingerprint density at radius 1 is 1.26 bits per heavy atom. The maximum atomic E-state index is 13.8. The van der Waals surface area contributed by atoms with Crippen LogP contribution in [0.1, 0.15) is 26.2 Å². The standard InChI is InChI=1S/C19H28FN7O4/c1-11(14-7-13(20)8-26(14)4)30-18-23-15(16-21-12(2)31-25-16)22-17(24-18)27-5-6-29-10-19(3,28)9-27/h11,13-14,28H,5-10H2,1-4H3/t11-,13+,14?,19-/m0/s1. The Kier molecular flexibility index (Phi) is 6.04. The first-order valence-corrected chi connectivity index (χ1v) is 10.3. The van der Waals surface area contributed by atoms with Gasteiger partial charge in [0.1, 0.15) is 17.9 Å². The molecule has 2 aromatic heterocycles. The fraction of sp³-hybridized carbons (Fsp3) is 0.737. The molecule has 2 fully saturated rings. The van der Waals surface area contributed by atoms with E-state index in [1.54, 1.807) is 13.8 Å². The van der Waals surface area contributed by atoms with E-state index in [1.807, 2.05) is 23.8 Å². The molecule has 1 unspecified atom stereocenters. The zero-order chi connectivity index (χ0) is 22.2. The van der Waals surface area contributed by atoms with Crippen LogP contribution in [0.5, 0.6) is 6.01 Å². The van der Waals surface area contributed by atoms with E-state index in [1.165, 1.54) is 0 Å². The van der Waals surface area contributed by atoms with Crippen LogP contribution < -0.4 is 9.64 Å². The number of β-amino-alcohol motifs (C(OH)–C–C–N with tert-alkyl or cyclic N) is 1. The highest BCUT2D eigenvalue weighted by molar-refractivity contribution is 5.47. The predicted octanol–water partition coefficient (Wildman–Crippen LogP) is 0.627. The average Bonchev–Trinajstić information content (AvgIpc) is 3.22. The zero-order valence-corrected chi connectivity index (χ0v) is 18.2. The Bertz CT molecular complexity index is 911. The van der Waals surface area contributed by atoms with Crippen molar-refractivity contribution in [1.29, 1.82) is 0 Å². The minimum absolute atomic E-state index is 0.0791. The van der Waals surface area contributed by atoms with Crippen molar-refractivity contribution in [3.05, 3.63) is 5.89 Å². The summed E-state index contributed by atoms with van der Waals surface area (Å²) < 4.78 is 30.4. The number of hydrogen-bond acceptors (Lipinski definition) is 11. The van der Waals surface area contributed by atoms with Crippen LogP contribution in [0, 0.1) is 6.92 Å². The summed E-state index contributed by atoms with van der Waals surface area (Å²) in [6, 6.07) is -0.0196. The van der Waals surface area contributed by atoms with Crippen molar-refractivity contribution < 1.29 is 23.5 Å². The van der Waals surface area contributed by atoms with E-state index < -0.39 is 11.8 Å². The number of nitrogens with zero attached hydrogens (tertiary/aromatic N) is 7. The van der Waals surface area contributed by atoms with Crippen molar-refractivity contribution in [3.63, 3.8) is 0 Å². The van der Waals surface area contributed by atoms with Crippen LogP contribution in [-0.4, -0.2) is 98.9 Å². The summed E-state index contributed by atoms with van der Waals surface area (Å²) in [4.78, 5) is 21.3. The number of halogens is 1. The van der Waals surface area contributed by atoms with Crippen LogP contribution in [-0.2, 0) is 4.74 Å². The first-order valence-electron chi connectivity index (χ1n) is 10.3. The Labute approximate surface area is 179 Å². The minimum atomic E-state index is -1.07. The molecule has 0 amide bonds. The largest absolute Gasteiger partial charge is 0.459 e.